The minimum absolute atomic E-state index is 0.0404. The average Bonchev–Trinajstić information content (AvgIpc) is 2.87. The molecule has 1 unspecified atom stereocenters. The second-order valence-electron chi connectivity index (χ2n) is 9.12. The van der Waals surface area contributed by atoms with Crippen LogP contribution < -0.4 is 10.1 Å². The molecule has 1 aromatic heterocycles. The number of aliphatic carboxylic acids is 1. The van der Waals surface area contributed by atoms with Crippen molar-refractivity contribution in [3.8, 4) is 17.0 Å². The molecule has 0 radical (unpaired) electrons. The molecule has 0 spiro atoms. The number of nitrogens with zero attached hydrogens (tertiary/aromatic N) is 1. The van der Waals surface area contributed by atoms with Gasteiger partial charge in [-0.25, -0.2) is 9.37 Å². The Kier molecular flexibility index (Phi) is 7.59. The van der Waals surface area contributed by atoms with E-state index in [0.717, 1.165) is 10.0 Å². The zero-order valence-corrected chi connectivity index (χ0v) is 22.2. The van der Waals surface area contributed by atoms with Gasteiger partial charge in [0.25, 0.3) is 5.91 Å². The van der Waals surface area contributed by atoms with Crippen LogP contribution in [0.15, 0.2) is 71.2 Å². The summed E-state index contributed by atoms with van der Waals surface area (Å²) in [5.41, 5.74) is 2.56. The van der Waals surface area contributed by atoms with E-state index in [1.54, 1.807) is 13.0 Å². The molecule has 1 atom stereocenters. The predicted molar refractivity (Wildman–Crippen MR) is 145 cm³/mol. The van der Waals surface area contributed by atoms with Gasteiger partial charge >= 0.3 is 5.97 Å². The van der Waals surface area contributed by atoms with Crippen molar-refractivity contribution in [2.24, 2.45) is 0 Å². The molecular formula is C29H26BrFN2O4. The first-order valence-corrected chi connectivity index (χ1v) is 12.4. The maximum atomic E-state index is 14.5. The Hall–Kier alpha value is -3.78. The van der Waals surface area contributed by atoms with Gasteiger partial charge in [-0.3, -0.25) is 9.59 Å². The number of carboxylic acids is 1. The lowest BCUT2D eigenvalue weighted by Gasteiger charge is -2.30. The lowest BCUT2D eigenvalue weighted by molar-refractivity contribution is -0.138. The van der Waals surface area contributed by atoms with Crippen LogP contribution in [0.2, 0.25) is 0 Å². The van der Waals surface area contributed by atoms with Crippen molar-refractivity contribution in [2.45, 2.75) is 25.7 Å². The fraction of sp³-hybridized carbons (Fsp3) is 0.207. The van der Waals surface area contributed by atoms with Crippen molar-refractivity contribution >= 4 is 38.7 Å². The molecule has 0 aliphatic heterocycles. The second kappa shape index (κ2) is 10.7. The van der Waals surface area contributed by atoms with Gasteiger partial charge in [-0.05, 0) is 36.8 Å². The lowest BCUT2D eigenvalue weighted by atomic mass is 9.78. The van der Waals surface area contributed by atoms with E-state index in [4.69, 9.17) is 9.72 Å². The van der Waals surface area contributed by atoms with E-state index in [9.17, 15) is 19.1 Å². The molecule has 0 aliphatic rings. The standard InChI is InChI=1S/C29H26BrFN2O4/c1-17-25(20-14-19(30)12-13-23(20)33-26(17)18-8-5-4-6-9-18)28(36)32-16-29(2,15-24(34)35)21-10-7-11-22(31)27(21)37-3/h4-14H,15-16H2,1-3H3,(H,32,36)(H,34,35). The normalized spacial score (nSPS) is 12.7. The Bertz CT molecular complexity index is 1490. The zero-order valence-electron chi connectivity index (χ0n) is 20.6. The molecule has 2 N–H and O–H groups in total. The van der Waals surface area contributed by atoms with Gasteiger partial charge in [0, 0.05) is 32.9 Å². The minimum Gasteiger partial charge on any atom is -0.493 e. The quantitative estimate of drug-likeness (QED) is 0.263. The third-order valence-electron chi connectivity index (χ3n) is 6.47. The first-order chi connectivity index (χ1) is 17.6. The van der Waals surface area contributed by atoms with Crippen molar-refractivity contribution in [3.63, 3.8) is 0 Å². The van der Waals surface area contributed by atoms with Gasteiger partial charge in [-0.1, -0.05) is 65.3 Å². The number of ether oxygens (including phenoxy) is 1. The molecule has 0 saturated heterocycles. The number of para-hydroxylation sites is 1. The number of amides is 1. The zero-order chi connectivity index (χ0) is 26.7. The molecular weight excluding hydrogens is 539 g/mol. The molecule has 37 heavy (non-hydrogen) atoms. The van der Waals surface area contributed by atoms with Crippen LogP contribution in [-0.4, -0.2) is 35.6 Å². The highest BCUT2D eigenvalue weighted by atomic mass is 79.9. The van der Waals surface area contributed by atoms with Gasteiger partial charge in [-0.15, -0.1) is 0 Å². The maximum absolute atomic E-state index is 14.5. The molecule has 190 valence electrons. The molecule has 4 rings (SSSR count). The van der Waals surface area contributed by atoms with Gasteiger partial charge in [-0.2, -0.15) is 0 Å². The van der Waals surface area contributed by atoms with Crippen LogP contribution in [0.5, 0.6) is 5.75 Å². The van der Waals surface area contributed by atoms with Gasteiger partial charge in [0.2, 0.25) is 0 Å². The van der Waals surface area contributed by atoms with E-state index in [1.165, 1.54) is 19.2 Å². The van der Waals surface area contributed by atoms with E-state index in [2.05, 4.69) is 21.2 Å². The van der Waals surface area contributed by atoms with Gasteiger partial charge in [0.05, 0.1) is 30.3 Å². The van der Waals surface area contributed by atoms with Crippen LogP contribution in [-0.2, 0) is 10.2 Å². The Morgan fingerprint density at radius 2 is 1.84 bits per heavy atom. The Labute approximate surface area is 222 Å². The summed E-state index contributed by atoms with van der Waals surface area (Å²) in [5, 5.41) is 13.2. The fourth-order valence-electron chi connectivity index (χ4n) is 4.64. The first kappa shape index (κ1) is 26.3. The molecule has 0 fully saturated rings. The van der Waals surface area contributed by atoms with Crippen LogP contribution in [0.4, 0.5) is 4.39 Å². The monoisotopic (exact) mass is 564 g/mol. The van der Waals surface area contributed by atoms with E-state index in [0.29, 0.717) is 33.3 Å². The number of rotatable bonds is 8. The maximum Gasteiger partial charge on any atom is 0.304 e. The number of methoxy groups -OCH3 is 1. The van der Waals surface area contributed by atoms with Crippen molar-refractivity contribution in [2.75, 3.05) is 13.7 Å². The van der Waals surface area contributed by atoms with Crippen LogP contribution in [0.3, 0.4) is 0 Å². The molecule has 1 amide bonds. The summed E-state index contributed by atoms with van der Waals surface area (Å²) in [6.45, 7) is 3.45. The largest absolute Gasteiger partial charge is 0.493 e. The number of pyridine rings is 1. The van der Waals surface area contributed by atoms with E-state index in [1.807, 2.05) is 55.5 Å². The van der Waals surface area contributed by atoms with Crippen LogP contribution in [0.1, 0.15) is 34.8 Å². The van der Waals surface area contributed by atoms with Crippen molar-refractivity contribution in [3.05, 3.63) is 93.7 Å². The topological polar surface area (TPSA) is 88.5 Å². The number of fused-ring (bicyclic) bond motifs is 1. The number of hydrogen-bond acceptors (Lipinski definition) is 4. The smallest absolute Gasteiger partial charge is 0.304 e. The van der Waals surface area contributed by atoms with Crippen molar-refractivity contribution in [1.29, 1.82) is 0 Å². The number of carbonyl (C=O) groups is 2. The highest BCUT2D eigenvalue weighted by Crippen LogP contribution is 2.37. The third kappa shape index (κ3) is 5.34. The van der Waals surface area contributed by atoms with Crippen LogP contribution >= 0.6 is 15.9 Å². The molecule has 0 saturated carbocycles. The molecule has 6 nitrogen and oxygen atoms in total. The number of carbonyl (C=O) groups excluding carboxylic acids is 1. The number of aromatic nitrogens is 1. The summed E-state index contributed by atoms with van der Waals surface area (Å²) in [5.74, 6) is -2.10. The van der Waals surface area contributed by atoms with Crippen molar-refractivity contribution in [1.82, 2.24) is 10.3 Å². The number of hydrogen-bond donors (Lipinski definition) is 2. The summed E-state index contributed by atoms with van der Waals surface area (Å²) < 4.78 is 20.5. The molecule has 3 aromatic carbocycles. The SMILES string of the molecule is COc1c(F)cccc1C(C)(CNC(=O)c1c(C)c(-c2ccccc2)nc2ccc(Br)cc12)CC(=O)O. The van der Waals surface area contributed by atoms with E-state index >= 15 is 0 Å². The molecule has 4 aromatic rings. The number of halogens is 2. The summed E-state index contributed by atoms with van der Waals surface area (Å²) in [4.78, 5) is 30.4. The number of carboxylic acid groups (broad SMARTS) is 1. The van der Waals surface area contributed by atoms with Gasteiger partial charge in [0.1, 0.15) is 0 Å². The lowest BCUT2D eigenvalue weighted by Crippen LogP contribution is -2.41. The van der Waals surface area contributed by atoms with Crippen LogP contribution in [0, 0.1) is 12.7 Å². The molecule has 0 aliphatic carbocycles. The van der Waals surface area contributed by atoms with E-state index < -0.39 is 17.2 Å². The third-order valence-corrected chi connectivity index (χ3v) is 6.96. The summed E-state index contributed by atoms with van der Waals surface area (Å²) in [6.07, 6.45) is -0.343. The summed E-state index contributed by atoms with van der Waals surface area (Å²) >= 11 is 3.48. The number of benzene rings is 3. The second-order valence-corrected chi connectivity index (χ2v) is 10.0. The van der Waals surface area contributed by atoms with Gasteiger partial charge in [0.15, 0.2) is 11.6 Å². The molecule has 0 bridgehead atoms. The fourth-order valence-corrected chi connectivity index (χ4v) is 5.00. The van der Waals surface area contributed by atoms with E-state index in [-0.39, 0.29) is 24.6 Å². The number of nitrogens with one attached hydrogen (secondary N) is 1. The van der Waals surface area contributed by atoms with Crippen LogP contribution in [0.25, 0.3) is 22.2 Å². The van der Waals surface area contributed by atoms with Gasteiger partial charge < -0.3 is 15.2 Å². The van der Waals surface area contributed by atoms with Crippen molar-refractivity contribution < 1.29 is 23.8 Å². The molecule has 8 heteroatoms. The highest BCUT2D eigenvalue weighted by molar-refractivity contribution is 9.10. The summed E-state index contributed by atoms with van der Waals surface area (Å²) in [7, 11) is 1.33. The Morgan fingerprint density at radius 3 is 2.51 bits per heavy atom. The first-order valence-electron chi connectivity index (χ1n) is 11.6. The minimum atomic E-state index is -1.14. The summed E-state index contributed by atoms with van der Waals surface area (Å²) in [6, 6.07) is 19.5. The average molecular weight is 565 g/mol. The Balaban J connectivity index is 1.79. The Morgan fingerprint density at radius 1 is 1.11 bits per heavy atom. The predicted octanol–water partition coefficient (Wildman–Crippen LogP) is 6.28. The highest BCUT2D eigenvalue weighted by Gasteiger charge is 2.34. The molecule has 1 heterocycles.